The van der Waals surface area contributed by atoms with Gasteiger partial charge in [0.2, 0.25) is 5.95 Å². The quantitative estimate of drug-likeness (QED) is 0.665. The van der Waals surface area contributed by atoms with Crippen LogP contribution in [-0.2, 0) is 6.42 Å². The second kappa shape index (κ2) is 6.90. The van der Waals surface area contributed by atoms with Crippen LogP contribution in [-0.4, -0.2) is 40.6 Å². The Morgan fingerprint density at radius 1 is 1.15 bits per heavy atom. The van der Waals surface area contributed by atoms with Crippen LogP contribution in [0.2, 0.25) is 0 Å². The van der Waals surface area contributed by atoms with Crippen LogP contribution in [0.5, 0.6) is 0 Å². The maximum atomic E-state index is 14.0. The van der Waals surface area contributed by atoms with Crippen LogP contribution < -0.4 is 9.80 Å². The Hall–Kier alpha value is -3.09. The van der Waals surface area contributed by atoms with Crippen LogP contribution in [0.3, 0.4) is 0 Å². The Morgan fingerprint density at radius 2 is 2.00 bits per heavy atom. The van der Waals surface area contributed by atoms with Gasteiger partial charge in [-0.3, -0.25) is 4.98 Å². The summed E-state index contributed by atoms with van der Waals surface area (Å²) in [6, 6.07) is 9.06. The van der Waals surface area contributed by atoms with E-state index in [1.54, 1.807) is 6.20 Å². The highest BCUT2D eigenvalue weighted by Crippen LogP contribution is 2.33. The molecule has 0 spiro atoms. The summed E-state index contributed by atoms with van der Waals surface area (Å²) >= 11 is 0. The van der Waals surface area contributed by atoms with Crippen molar-refractivity contribution < 1.29 is 4.39 Å². The minimum absolute atomic E-state index is 0.0100. The fourth-order valence-electron chi connectivity index (χ4n) is 3.37. The SMILES string of the molecule is CC1c2cnc(-c3ccccn3)nc2CCN1c1cc(N(C)C)cc(F)n1. The van der Waals surface area contributed by atoms with Crippen molar-refractivity contribution in [1.29, 1.82) is 0 Å². The van der Waals surface area contributed by atoms with E-state index >= 15 is 0 Å². The van der Waals surface area contributed by atoms with Gasteiger partial charge in [-0.15, -0.1) is 0 Å². The minimum atomic E-state index is -0.476. The van der Waals surface area contributed by atoms with Crippen LogP contribution in [0.25, 0.3) is 11.5 Å². The van der Waals surface area contributed by atoms with E-state index in [0.29, 0.717) is 11.6 Å². The van der Waals surface area contributed by atoms with Crippen molar-refractivity contribution in [2.45, 2.75) is 19.4 Å². The van der Waals surface area contributed by atoms with E-state index in [0.717, 1.165) is 35.6 Å². The van der Waals surface area contributed by atoms with Gasteiger partial charge in [-0.1, -0.05) is 6.07 Å². The highest BCUT2D eigenvalue weighted by molar-refractivity contribution is 5.57. The Balaban J connectivity index is 1.67. The molecule has 1 aliphatic rings. The Morgan fingerprint density at radius 3 is 2.74 bits per heavy atom. The first-order chi connectivity index (χ1) is 13.0. The van der Waals surface area contributed by atoms with E-state index in [4.69, 9.17) is 4.98 Å². The summed E-state index contributed by atoms with van der Waals surface area (Å²) in [7, 11) is 3.78. The third kappa shape index (κ3) is 3.32. The van der Waals surface area contributed by atoms with Gasteiger partial charge in [-0.2, -0.15) is 4.39 Å². The van der Waals surface area contributed by atoms with Crippen molar-refractivity contribution >= 4 is 11.5 Å². The molecule has 6 nitrogen and oxygen atoms in total. The highest BCUT2D eigenvalue weighted by atomic mass is 19.1. The Labute approximate surface area is 157 Å². The van der Waals surface area contributed by atoms with Crippen LogP contribution in [0.4, 0.5) is 15.9 Å². The molecule has 4 rings (SSSR count). The smallest absolute Gasteiger partial charge is 0.216 e. The number of halogens is 1. The molecule has 0 radical (unpaired) electrons. The Bertz CT molecular complexity index is 960. The average molecular weight is 364 g/mol. The lowest BCUT2D eigenvalue weighted by molar-refractivity contribution is 0.562. The van der Waals surface area contributed by atoms with Crippen LogP contribution in [0.15, 0.2) is 42.7 Å². The third-order valence-electron chi connectivity index (χ3n) is 4.88. The molecule has 1 aliphatic heterocycles. The molecule has 4 heterocycles. The molecule has 3 aromatic rings. The number of aromatic nitrogens is 4. The van der Waals surface area contributed by atoms with E-state index in [9.17, 15) is 4.39 Å². The van der Waals surface area contributed by atoms with Crippen molar-refractivity contribution in [2.24, 2.45) is 0 Å². The zero-order valence-electron chi connectivity index (χ0n) is 15.6. The second-order valence-corrected chi connectivity index (χ2v) is 6.83. The summed E-state index contributed by atoms with van der Waals surface area (Å²) in [6.45, 7) is 2.79. The number of nitrogens with zero attached hydrogens (tertiary/aromatic N) is 6. The van der Waals surface area contributed by atoms with E-state index < -0.39 is 5.95 Å². The van der Waals surface area contributed by atoms with Gasteiger partial charge in [0.1, 0.15) is 11.5 Å². The number of hydrogen-bond donors (Lipinski definition) is 0. The second-order valence-electron chi connectivity index (χ2n) is 6.83. The van der Waals surface area contributed by atoms with Crippen LogP contribution >= 0.6 is 0 Å². The van der Waals surface area contributed by atoms with E-state index in [2.05, 4.69) is 26.8 Å². The summed E-state index contributed by atoms with van der Waals surface area (Å²) < 4.78 is 14.0. The van der Waals surface area contributed by atoms with Gasteiger partial charge in [0.15, 0.2) is 5.82 Å². The van der Waals surface area contributed by atoms with Crippen molar-refractivity contribution in [3.8, 4) is 11.5 Å². The topological polar surface area (TPSA) is 58.0 Å². The Kier molecular flexibility index (Phi) is 4.43. The first kappa shape index (κ1) is 17.3. The summed E-state index contributed by atoms with van der Waals surface area (Å²) in [5.41, 5.74) is 3.60. The number of pyridine rings is 2. The lowest BCUT2D eigenvalue weighted by atomic mass is 9.99. The number of anilines is 2. The number of hydrogen-bond acceptors (Lipinski definition) is 6. The fraction of sp³-hybridized carbons (Fsp3) is 0.300. The van der Waals surface area contributed by atoms with Crippen LogP contribution in [0.1, 0.15) is 24.2 Å². The molecule has 0 aliphatic carbocycles. The molecule has 1 unspecified atom stereocenters. The molecule has 27 heavy (non-hydrogen) atoms. The number of rotatable bonds is 3. The molecule has 0 amide bonds. The fourth-order valence-corrected chi connectivity index (χ4v) is 3.37. The largest absolute Gasteiger partial charge is 0.377 e. The first-order valence-electron chi connectivity index (χ1n) is 8.91. The van der Waals surface area contributed by atoms with Gasteiger partial charge >= 0.3 is 0 Å². The van der Waals surface area contributed by atoms with E-state index in [-0.39, 0.29) is 6.04 Å². The number of fused-ring (bicyclic) bond motifs is 1. The standard InChI is InChI=1S/C20H21FN6/c1-13-15-12-23-20(17-6-4-5-8-22-17)24-16(15)7-9-27(13)19-11-14(26(2)3)10-18(21)25-19/h4-6,8,10-13H,7,9H2,1-3H3. The van der Waals surface area contributed by atoms with Gasteiger partial charge in [-0.25, -0.2) is 15.0 Å². The monoisotopic (exact) mass is 364 g/mol. The van der Waals surface area contributed by atoms with Gasteiger partial charge in [0.25, 0.3) is 0 Å². The van der Waals surface area contributed by atoms with E-state index in [1.807, 2.05) is 49.5 Å². The molecular weight excluding hydrogens is 343 g/mol. The van der Waals surface area contributed by atoms with Crippen molar-refractivity contribution in [1.82, 2.24) is 19.9 Å². The molecule has 1 atom stereocenters. The predicted octanol–water partition coefficient (Wildman–Crippen LogP) is 3.26. The molecular formula is C20H21FN6. The highest BCUT2D eigenvalue weighted by Gasteiger charge is 2.27. The molecule has 0 aromatic carbocycles. The summed E-state index contributed by atoms with van der Waals surface area (Å²) in [6.07, 6.45) is 4.34. The molecule has 0 N–H and O–H groups in total. The normalized spacial score (nSPS) is 16.1. The molecule has 0 saturated heterocycles. The van der Waals surface area contributed by atoms with E-state index in [1.165, 1.54) is 6.07 Å². The molecule has 7 heteroatoms. The third-order valence-corrected chi connectivity index (χ3v) is 4.88. The lowest BCUT2D eigenvalue weighted by Gasteiger charge is -2.35. The molecule has 0 saturated carbocycles. The van der Waals surface area contributed by atoms with Crippen LogP contribution in [0, 0.1) is 5.95 Å². The predicted molar refractivity (Wildman–Crippen MR) is 103 cm³/mol. The zero-order chi connectivity index (χ0) is 19.0. The van der Waals surface area contributed by atoms with Crippen molar-refractivity contribution in [3.63, 3.8) is 0 Å². The average Bonchev–Trinajstić information content (AvgIpc) is 2.68. The molecule has 138 valence electrons. The molecule has 0 fully saturated rings. The molecule has 3 aromatic heterocycles. The summed E-state index contributed by atoms with van der Waals surface area (Å²) in [4.78, 5) is 21.6. The van der Waals surface area contributed by atoms with Crippen molar-refractivity contribution in [3.05, 3.63) is 59.9 Å². The van der Waals surface area contributed by atoms with Gasteiger partial charge in [0, 0.05) is 62.8 Å². The first-order valence-corrected chi connectivity index (χ1v) is 8.91. The maximum absolute atomic E-state index is 14.0. The lowest BCUT2D eigenvalue weighted by Crippen LogP contribution is -2.35. The van der Waals surface area contributed by atoms with Crippen molar-refractivity contribution in [2.75, 3.05) is 30.4 Å². The maximum Gasteiger partial charge on any atom is 0.216 e. The van der Waals surface area contributed by atoms with Gasteiger partial charge < -0.3 is 9.80 Å². The zero-order valence-corrected chi connectivity index (χ0v) is 15.6. The summed E-state index contributed by atoms with van der Waals surface area (Å²) in [5, 5.41) is 0. The minimum Gasteiger partial charge on any atom is -0.377 e. The van der Waals surface area contributed by atoms with Gasteiger partial charge in [-0.05, 0) is 19.1 Å². The molecule has 0 bridgehead atoms. The van der Waals surface area contributed by atoms with Gasteiger partial charge in [0.05, 0.1) is 11.7 Å². The summed E-state index contributed by atoms with van der Waals surface area (Å²) in [5.74, 6) is 0.787.